The fourth-order valence-corrected chi connectivity index (χ4v) is 4.77. The van der Waals surface area contributed by atoms with Crippen LogP contribution in [0, 0.1) is 27.7 Å². The summed E-state index contributed by atoms with van der Waals surface area (Å²) in [6.45, 7) is 15.5. The molecule has 0 aliphatic carbocycles. The van der Waals surface area contributed by atoms with E-state index < -0.39 is 0 Å². The highest BCUT2D eigenvalue weighted by atomic mass is 16.5. The molecule has 2 heterocycles. The Labute approximate surface area is 190 Å². The maximum absolute atomic E-state index is 6.34. The average molecular weight is 423 g/mol. The Kier molecular flexibility index (Phi) is 4.56. The zero-order chi connectivity index (χ0) is 22.8. The molecule has 3 heteroatoms. The first-order chi connectivity index (χ1) is 15.1. The smallest absolute Gasteiger partial charge is 0.243 e. The molecule has 3 nitrogen and oxygen atoms in total. The van der Waals surface area contributed by atoms with E-state index in [0.717, 1.165) is 22.7 Å². The van der Waals surface area contributed by atoms with Crippen LogP contribution in [0.3, 0.4) is 0 Å². The quantitative estimate of drug-likeness (QED) is 0.271. The number of anilines is 3. The second kappa shape index (κ2) is 7.09. The maximum atomic E-state index is 6.34. The molecule has 1 aliphatic heterocycles. The fourth-order valence-electron chi connectivity index (χ4n) is 4.77. The Bertz CT molecular complexity index is 1360. The van der Waals surface area contributed by atoms with Crippen LogP contribution in [-0.2, 0) is 5.41 Å². The summed E-state index contributed by atoms with van der Waals surface area (Å²) in [4.78, 5) is 7.01. The minimum atomic E-state index is 0.0941. The van der Waals surface area contributed by atoms with Crippen molar-refractivity contribution in [3.63, 3.8) is 0 Å². The SMILES string of the molecule is Cc1cnc2c(c1)N(c1c(C)cc(C(C)(C)C)cc1C)c1c(ccc3c(C)cccc13)O2. The van der Waals surface area contributed by atoms with Gasteiger partial charge in [0, 0.05) is 11.6 Å². The molecule has 0 amide bonds. The number of aromatic nitrogens is 1. The van der Waals surface area contributed by atoms with Gasteiger partial charge in [0.25, 0.3) is 0 Å². The third kappa shape index (κ3) is 3.15. The van der Waals surface area contributed by atoms with E-state index in [4.69, 9.17) is 4.74 Å². The summed E-state index contributed by atoms with van der Waals surface area (Å²) in [5.41, 5.74) is 9.58. The van der Waals surface area contributed by atoms with E-state index in [1.807, 2.05) is 6.20 Å². The molecule has 3 aromatic carbocycles. The van der Waals surface area contributed by atoms with Gasteiger partial charge in [0.05, 0.1) is 11.4 Å². The van der Waals surface area contributed by atoms with Crippen LogP contribution in [0.1, 0.15) is 48.6 Å². The second-order valence-electron chi connectivity index (χ2n) is 10.1. The number of pyridine rings is 1. The highest BCUT2D eigenvalue weighted by Crippen LogP contribution is 2.54. The zero-order valence-electron chi connectivity index (χ0n) is 20.0. The Hall–Kier alpha value is -3.33. The molecule has 1 aromatic heterocycles. The Balaban J connectivity index is 1.87. The van der Waals surface area contributed by atoms with E-state index in [1.165, 1.54) is 38.7 Å². The van der Waals surface area contributed by atoms with E-state index in [9.17, 15) is 0 Å². The molecule has 0 unspecified atom stereocenters. The highest BCUT2D eigenvalue weighted by molar-refractivity contribution is 6.05. The number of hydrogen-bond donors (Lipinski definition) is 0. The number of nitrogens with zero attached hydrogens (tertiary/aromatic N) is 2. The number of benzene rings is 3. The van der Waals surface area contributed by atoms with Gasteiger partial charge in [-0.05, 0) is 78.4 Å². The van der Waals surface area contributed by atoms with Crippen molar-refractivity contribution in [1.29, 1.82) is 0 Å². The van der Waals surface area contributed by atoms with Gasteiger partial charge in [-0.3, -0.25) is 0 Å². The molecule has 4 aromatic rings. The van der Waals surface area contributed by atoms with Crippen molar-refractivity contribution in [2.45, 2.75) is 53.9 Å². The fraction of sp³-hybridized carbons (Fsp3) is 0.276. The molecule has 0 fully saturated rings. The van der Waals surface area contributed by atoms with Crippen LogP contribution in [0.2, 0.25) is 0 Å². The monoisotopic (exact) mass is 422 g/mol. The largest absolute Gasteiger partial charge is 0.435 e. The highest BCUT2D eigenvalue weighted by Gasteiger charge is 2.31. The molecule has 0 saturated carbocycles. The van der Waals surface area contributed by atoms with E-state index in [0.29, 0.717) is 5.88 Å². The van der Waals surface area contributed by atoms with Gasteiger partial charge < -0.3 is 9.64 Å². The first-order valence-corrected chi connectivity index (χ1v) is 11.2. The van der Waals surface area contributed by atoms with Crippen molar-refractivity contribution in [3.8, 4) is 11.6 Å². The van der Waals surface area contributed by atoms with Gasteiger partial charge in [0.15, 0.2) is 5.75 Å². The van der Waals surface area contributed by atoms with Crippen LogP contribution in [0.4, 0.5) is 17.1 Å². The average Bonchev–Trinajstić information content (AvgIpc) is 2.72. The van der Waals surface area contributed by atoms with Gasteiger partial charge in [-0.25, -0.2) is 4.98 Å². The van der Waals surface area contributed by atoms with Gasteiger partial charge in [-0.2, -0.15) is 0 Å². The summed E-state index contributed by atoms with van der Waals surface area (Å²) in [5, 5.41) is 2.43. The first kappa shape index (κ1) is 20.6. The topological polar surface area (TPSA) is 25.4 Å². The van der Waals surface area contributed by atoms with Crippen molar-refractivity contribution in [3.05, 3.63) is 82.5 Å². The maximum Gasteiger partial charge on any atom is 0.243 e. The molecule has 0 radical (unpaired) electrons. The molecule has 162 valence electrons. The molecule has 1 aliphatic rings. The number of fused-ring (bicyclic) bond motifs is 4. The summed E-state index contributed by atoms with van der Waals surface area (Å²) < 4.78 is 6.34. The molecule has 5 rings (SSSR count). The predicted molar refractivity (Wildman–Crippen MR) is 134 cm³/mol. The van der Waals surface area contributed by atoms with Crippen molar-refractivity contribution in [1.82, 2.24) is 4.98 Å². The zero-order valence-corrected chi connectivity index (χ0v) is 20.0. The van der Waals surface area contributed by atoms with Gasteiger partial charge in [-0.15, -0.1) is 0 Å². The Morgan fingerprint density at radius 2 is 1.50 bits per heavy atom. The minimum Gasteiger partial charge on any atom is -0.435 e. The van der Waals surface area contributed by atoms with Crippen LogP contribution < -0.4 is 9.64 Å². The van der Waals surface area contributed by atoms with Gasteiger partial charge >= 0.3 is 0 Å². The summed E-state index contributed by atoms with van der Waals surface area (Å²) in [7, 11) is 0. The molecule has 0 N–H and O–H groups in total. The van der Waals surface area contributed by atoms with Crippen LogP contribution in [0.25, 0.3) is 10.8 Å². The Morgan fingerprint density at radius 3 is 2.19 bits per heavy atom. The van der Waals surface area contributed by atoms with E-state index >= 15 is 0 Å². The number of aryl methyl sites for hydroxylation is 4. The third-order valence-corrected chi connectivity index (χ3v) is 6.43. The second-order valence-corrected chi connectivity index (χ2v) is 10.1. The lowest BCUT2D eigenvalue weighted by atomic mass is 9.84. The van der Waals surface area contributed by atoms with Gasteiger partial charge in [-0.1, -0.05) is 57.2 Å². The lowest BCUT2D eigenvalue weighted by molar-refractivity contribution is 0.458. The van der Waals surface area contributed by atoms with Gasteiger partial charge in [0.2, 0.25) is 5.88 Å². The van der Waals surface area contributed by atoms with Crippen molar-refractivity contribution < 1.29 is 4.74 Å². The number of rotatable bonds is 1. The normalized spacial score (nSPS) is 13.0. The number of hydrogen-bond acceptors (Lipinski definition) is 3. The van der Waals surface area contributed by atoms with Crippen LogP contribution in [0.15, 0.2) is 54.7 Å². The van der Waals surface area contributed by atoms with E-state index in [2.05, 4.69) is 107 Å². The van der Waals surface area contributed by atoms with Crippen LogP contribution >= 0.6 is 0 Å². The van der Waals surface area contributed by atoms with Crippen LogP contribution in [-0.4, -0.2) is 4.98 Å². The van der Waals surface area contributed by atoms with Crippen molar-refractivity contribution in [2.24, 2.45) is 0 Å². The standard InChI is InChI=1S/C29H30N2O/c1-17-13-24-28(30-16-17)32-25-12-11-22-18(2)9-8-10-23(22)27(25)31(24)26-19(3)14-21(15-20(26)4)29(5,6)7/h8-16H,1-7H3. The van der Waals surface area contributed by atoms with E-state index in [1.54, 1.807) is 0 Å². The summed E-state index contributed by atoms with van der Waals surface area (Å²) in [6.07, 6.45) is 1.87. The summed E-state index contributed by atoms with van der Waals surface area (Å²) in [5.74, 6) is 1.49. The van der Waals surface area contributed by atoms with E-state index in [-0.39, 0.29) is 5.41 Å². The van der Waals surface area contributed by atoms with Gasteiger partial charge in [0.1, 0.15) is 5.69 Å². The molecule has 0 atom stereocenters. The molecule has 0 saturated heterocycles. The summed E-state index contributed by atoms with van der Waals surface area (Å²) in [6, 6.07) is 17.6. The number of ether oxygens (including phenoxy) is 1. The molecule has 0 spiro atoms. The minimum absolute atomic E-state index is 0.0941. The molecule has 32 heavy (non-hydrogen) atoms. The summed E-state index contributed by atoms with van der Waals surface area (Å²) >= 11 is 0. The van der Waals surface area contributed by atoms with Crippen LogP contribution in [0.5, 0.6) is 11.6 Å². The molecular weight excluding hydrogens is 392 g/mol. The van der Waals surface area contributed by atoms with Crippen molar-refractivity contribution in [2.75, 3.05) is 4.90 Å². The Morgan fingerprint density at radius 1 is 0.781 bits per heavy atom. The molecule has 0 bridgehead atoms. The lowest BCUT2D eigenvalue weighted by Crippen LogP contribution is -2.20. The molecular formula is C29H30N2O. The predicted octanol–water partition coefficient (Wildman–Crippen LogP) is 8.34. The third-order valence-electron chi connectivity index (χ3n) is 6.43. The lowest BCUT2D eigenvalue weighted by Gasteiger charge is -2.36. The first-order valence-electron chi connectivity index (χ1n) is 11.2. The van der Waals surface area contributed by atoms with Crippen molar-refractivity contribution >= 4 is 27.8 Å².